The number of nitrogens with one attached hydrogen (secondary N) is 1. The molecule has 0 aromatic heterocycles. The van der Waals surface area contributed by atoms with E-state index in [9.17, 15) is 4.79 Å². The molecular weight excluding hydrogens is 150 g/mol. The van der Waals surface area contributed by atoms with E-state index in [0.717, 1.165) is 0 Å². The third-order valence-electron chi connectivity index (χ3n) is 1.21. The summed E-state index contributed by atoms with van der Waals surface area (Å²) in [5.74, 6) is 0.442. The van der Waals surface area contributed by atoms with Gasteiger partial charge in [-0.05, 0) is 6.42 Å². The van der Waals surface area contributed by atoms with E-state index in [4.69, 9.17) is 17.0 Å². The molecule has 0 bridgehead atoms. The van der Waals surface area contributed by atoms with Gasteiger partial charge in [-0.15, -0.1) is 11.6 Å². The van der Waals surface area contributed by atoms with Crippen molar-refractivity contribution in [2.75, 3.05) is 5.88 Å². The first-order valence-electron chi connectivity index (χ1n) is 3.34. The minimum atomic E-state index is 0.0712. The van der Waals surface area contributed by atoms with Gasteiger partial charge < -0.3 is 5.41 Å². The third kappa shape index (κ3) is 4.50. The maximum Gasteiger partial charge on any atom is 0.139 e. The number of Topliss-reactive ketones (excluding diaryl/α,β-unsaturated/α-hetero) is 1. The summed E-state index contributed by atoms with van der Waals surface area (Å²) in [4.78, 5) is 10.8. The average Bonchev–Trinajstić information content (AvgIpc) is 1.88. The quantitative estimate of drug-likeness (QED) is 0.486. The smallest absolute Gasteiger partial charge is 0.139 e. The van der Waals surface area contributed by atoms with E-state index in [1.54, 1.807) is 0 Å². The Morgan fingerprint density at radius 2 is 2.20 bits per heavy atom. The monoisotopic (exact) mass is 161 g/mol. The summed E-state index contributed by atoms with van der Waals surface area (Å²) in [6.07, 6.45) is 1.33. The minimum Gasteiger partial charge on any atom is -0.309 e. The van der Waals surface area contributed by atoms with Crippen molar-refractivity contribution in [3.63, 3.8) is 0 Å². The van der Waals surface area contributed by atoms with Crippen molar-refractivity contribution in [2.45, 2.75) is 26.2 Å². The fraction of sp³-hybridized carbons (Fsp3) is 0.714. The van der Waals surface area contributed by atoms with Crippen LogP contribution in [-0.2, 0) is 4.79 Å². The summed E-state index contributed by atoms with van der Waals surface area (Å²) < 4.78 is 0. The SMILES string of the molecule is CCC(=N)CC(=O)CCCl. The van der Waals surface area contributed by atoms with E-state index in [-0.39, 0.29) is 12.2 Å². The fourth-order valence-electron chi connectivity index (χ4n) is 0.557. The van der Waals surface area contributed by atoms with Gasteiger partial charge in [-0.1, -0.05) is 6.92 Å². The van der Waals surface area contributed by atoms with Gasteiger partial charge in [0.2, 0.25) is 0 Å². The highest BCUT2D eigenvalue weighted by molar-refractivity contribution is 6.19. The second-order valence-corrected chi connectivity index (χ2v) is 2.49. The van der Waals surface area contributed by atoms with Crippen molar-refractivity contribution in [3.05, 3.63) is 0 Å². The van der Waals surface area contributed by atoms with Crippen LogP contribution in [0.2, 0.25) is 0 Å². The number of carbonyl (C=O) groups is 1. The number of halogens is 1. The standard InChI is InChI=1S/C7H12ClNO/c1-2-6(9)5-7(10)3-4-8/h9H,2-5H2,1H3. The highest BCUT2D eigenvalue weighted by Crippen LogP contribution is 1.96. The molecule has 0 unspecified atom stereocenters. The summed E-state index contributed by atoms with van der Waals surface area (Å²) >= 11 is 5.33. The number of hydrogen-bond acceptors (Lipinski definition) is 2. The second kappa shape index (κ2) is 5.42. The number of carbonyl (C=O) groups excluding carboxylic acids is 1. The van der Waals surface area contributed by atoms with E-state index in [2.05, 4.69) is 0 Å². The lowest BCUT2D eigenvalue weighted by atomic mass is 10.1. The Morgan fingerprint density at radius 1 is 1.60 bits per heavy atom. The molecular formula is C7H12ClNO. The Labute approximate surface area is 66.1 Å². The van der Waals surface area contributed by atoms with Crippen LogP contribution in [0, 0.1) is 5.41 Å². The maximum atomic E-state index is 10.8. The Balaban J connectivity index is 3.47. The highest BCUT2D eigenvalue weighted by atomic mass is 35.5. The summed E-state index contributed by atoms with van der Waals surface area (Å²) in [6.45, 7) is 1.87. The molecule has 0 aliphatic heterocycles. The van der Waals surface area contributed by atoms with E-state index in [1.807, 2.05) is 6.92 Å². The average molecular weight is 162 g/mol. The van der Waals surface area contributed by atoms with Crippen LogP contribution in [-0.4, -0.2) is 17.4 Å². The maximum absolute atomic E-state index is 10.8. The molecule has 0 saturated heterocycles. The molecule has 2 nitrogen and oxygen atoms in total. The number of alkyl halides is 1. The van der Waals surface area contributed by atoms with E-state index in [0.29, 0.717) is 24.4 Å². The number of ketones is 1. The summed E-state index contributed by atoms with van der Waals surface area (Å²) in [6, 6.07) is 0. The molecule has 0 saturated carbocycles. The summed E-state index contributed by atoms with van der Waals surface area (Å²) in [5.41, 5.74) is 0.495. The second-order valence-electron chi connectivity index (χ2n) is 2.11. The van der Waals surface area contributed by atoms with Gasteiger partial charge in [0.05, 0.1) is 0 Å². The predicted molar refractivity (Wildman–Crippen MR) is 43.0 cm³/mol. The molecule has 0 fully saturated rings. The third-order valence-corrected chi connectivity index (χ3v) is 1.40. The zero-order valence-electron chi connectivity index (χ0n) is 6.11. The van der Waals surface area contributed by atoms with E-state index in [1.165, 1.54) is 0 Å². The van der Waals surface area contributed by atoms with Crippen molar-refractivity contribution < 1.29 is 4.79 Å². The topological polar surface area (TPSA) is 40.9 Å². The largest absolute Gasteiger partial charge is 0.309 e. The molecule has 0 aliphatic rings. The van der Waals surface area contributed by atoms with Crippen LogP contribution in [0.15, 0.2) is 0 Å². The molecule has 0 aromatic rings. The molecule has 10 heavy (non-hydrogen) atoms. The van der Waals surface area contributed by atoms with Crippen molar-refractivity contribution in [2.24, 2.45) is 0 Å². The van der Waals surface area contributed by atoms with Gasteiger partial charge >= 0.3 is 0 Å². The van der Waals surface area contributed by atoms with Crippen molar-refractivity contribution in [1.82, 2.24) is 0 Å². The van der Waals surface area contributed by atoms with Crippen molar-refractivity contribution in [3.8, 4) is 0 Å². The van der Waals surface area contributed by atoms with Gasteiger partial charge in [0.1, 0.15) is 5.78 Å². The molecule has 58 valence electrons. The van der Waals surface area contributed by atoms with Crippen LogP contribution in [0.3, 0.4) is 0 Å². The summed E-state index contributed by atoms with van der Waals surface area (Å²) in [5, 5.41) is 7.18. The van der Waals surface area contributed by atoms with Gasteiger partial charge in [0.25, 0.3) is 0 Å². The molecule has 0 radical (unpaired) electrons. The highest BCUT2D eigenvalue weighted by Gasteiger charge is 2.02. The van der Waals surface area contributed by atoms with Crippen LogP contribution in [0.5, 0.6) is 0 Å². The van der Waals surface area contributed by atoms with Crippen LogP contribution < -0.4 is 0 Å². The molecule has 0 heterocycles. The lowest BCUT2D eigenvalue weighted by Gasteiger charge is -1.96. The first kappa shape index (κ1) is 9.63. The molecule has 1 N–H and O–H groups in total. The van der Waals surface area contributed by atoms with Crippen LogP contribution in [0.25, 0.3) is 0 Å². The number of hydrogen-bond donors (Lipinski definition) is 1. The van der Waals surface area contributed by atoms with Gasteiger partial charge in [-0.2, -0.15) is 0 Å². The normalized spacial score (nSPS) is 9.40. The Hall–Kier alpha value is -0.370. The zero-order valence-corrected chi connectivity index (χ0v) is 6.87. The first-order valence-corrected chi connectivity index (χ1v) is 3.88. The molecule has 0 spiro atoms. The van der Waals surface area contributed by atoms with E-state index >= 15 is 0 Å². The first-order chi connectivity index (χ1) is 4.70. The van der Waals surface area contributed by atoms with Crippen LogP contribution >= 0.6 is 11.6 Å². The Bertz CT molecular complexity index is 134. The number of rotatable bonds is 5. The lowest BCUT2D eigenvalue weighted by Crippen LogP contribution is -2.05. The van der Waals surface area contributed by atoms with Gasteiger partial charge in [0.15, 0.2) is 0 Å². The van der Waals surface area contributed by atoms with Crippen LogP contribution in [0.4, 0.5) is 0 Å². The zero-order chi connectivity index (χ0) is 7.98. The molecule has 3 heteroatoms. The van der Waals surface area contributed by atoms with Gasteiger partial charge in [-0.3, -0.25) is 4.79 Å². The van der Waals surface area contributed by atoms with Gasteiger partial charge in [-0.25, -0.2) is 0 Å². The van der Waals surface area contributed by atoms with Gasteiger partial charge in [0, 0.05) is 24.4 Å². The molecule has 0 aliphatic carbocycles. The minimum absolute atomic E-state index is 0.0712. The predicted octanol–water partition coefficient (Wildman–Crippen LogP) is 2.00. The van der Waals surface area contributed by atoms with Crippen molar-refractivity contribution in [1.29, 1.82) is 5.41 Å². The molecule has 0 atom stereocenters. The fourth-order valence-corrected chi connectivity index (χ4v) is 0.768. The van der Waals surface area contributed by atoms with E-state index < -0.39 is 0 Å². The molecule has 0 rings (SSSR count). The van der Waals surface area contributed by atoms with Crippen molar-refractivity contribution >= 4 is 23.1 Å². The molecule has 0 aromatic carbocycles. The summed E-state index contributed by atoms with van der Waals surface area (Å²) in [7, 11) is 0. The Kier molecular flexibility index (Phi) is 5.22. The Morgan fingerprint density at radius 3 is 2.60 bits per heavy atom. The lowest BCUT2D eigenvalue weighted by molar-refractivity contribution is -0.117. The van der Waals surface area contributed by atoms with Crippen LogP contribution in [0.1, 0.15) is 26.2 Å². The molecule has 0 amide bonds.